The fraction of sp³-hybridized carbons (Fsp3) is 0.176. The predicted molar refractivity (Wildman–Crippen MR) is 91.4 cm³/mol. The highest BCUT2D eigenvalue weighted by molar-refractivity contribution is 7.89. The van der Waals surface area contributed by atoms with Crippen molar-refractivity contribution in [2.75, 3.05) is 0 Å². The monoisotopic (exact) mass is 380 g/mol. The summed E-state index contributed by atoms with van der Waals surface area (Å²) in [6.45, 7) is 2.71. The first-order valence-corrected chi connectivity index (χ1v) is 9.03. The molecule has 7 nitrogen and oxygen atoms in total. The Morgan fingerprint density at radius 3 is 2.27 bits per heavy atom. The molecule has 138 valence electrons. The van der Waals surface area contributed by atoms with Gasteiger partial charge in [-0.3, -0.25) is 15.0 Å². The van der Waals surface area contributed by atoms with Gasteiger partial charge in [-0.25, -0.2) is 12.8 Å². The minimum absolute atomic E-state index is 0.127. The number of halogens is 1. The van der Waals surface area contributed by atoms with Gasteiger partial charge in [0.25, 0.3) is 15.9 Å². The Balaban J connectivity index is 1.98. The van der Waals surface area contributed by atoms with E-state index in [4.69, 9.17) is 4.74 Å². The second-order valence-corrected chi connectivity index (χ2v) is 7.05. The Kier molecular flexibility index (Phi) is 6.06. The number of benzene rings is 2. The van der Waals surface area contributed by atoms with Crippen LogP contribution in [0.2, 0.25) is 0 Å². The largest absolute Gasteiger partial charge is 0.478 e. The van der Waals surface area contributed by atoms with E-state index in [1.165, 1.54) is 62.4 Å². The Morgan fingerprint density at radius 2 is 1.69 bits per heavy atom. The Morgan fingerprint density at radius 1 is 1.08 bits per heavy atom. The van der Waals surface area contributed by atoms with Gasteiger partial charge in [0.05, 0.1) is 4.90 Å². The van der Waals surface area contributed by atoms with Crippen molar-refractivity contribution in [2.24, 2.45) is 0 Å². The second kappa shape index (κ2) is 8.07. The van der Waals surface area contributed by atoms with E-state index in [2.05, 4.69) is 0 Å². The SMILES string of the molecule is CC(=O)c1ccc(S(=O)(=O)NNC(=O)[C@H](C)Oc2ccccc2F)cc1. The van der Waals surface area contributed by atoms with E-state index in [9.17, 15) is 22.4 Å². The molecular formula is C17H17FN2O5S. The number of hydrogen-bond donors (Lipinski definition) is 2. The molecular weight excluding hydrogens is 363 g/mol. The molecule has 0 aliphatic carbocycles. The molecule has 26 heavy (non-hydrogen) atoms. The van der Waals surface area contributed by atoms with Gasteiger partial charge in [0.1, 0.15) is 0 Å². The molecule has 0 aliphatic heterocycles. The summed E-state index contributed by atoms with van der Waals surface area (Å²) in [5.74, 6) is -1.78. The van der Waals surface area contributed by atoms with Gasteiger partial charge in [0.2, 0.25) is 0 Å². The topological polar surface area (TPSA) is 102 Å². The summed E-state index contributed by atoms with van der Waals surface area (Å²) >= 11 is 0. The second-order valence-electron chi connectivity index (χ2n) is 5.37. The summed E-state index contributed by atoms with van der Waals surface area (Å²) in [7, 11) is -4.04. The molecule has 2 aromatic carbocycles. The molecule has 1 atom stereocenters. The maximum Gasteiger partial charge on any atom is 0.275 e. The van der Waals surface area contributed by atoms with E-state index < -0.39 is 27.9 Å². The third-order valence-corrected chi connectivity index (χ3v) is 4.65. The molecule has 0 saturated carbocycles. The fourth-order valence-electron chi connectivity index (χ4n) is 1.93. The summed E-state index contributed by atoms with van der Waals surface area (Å²) in [5, 5.41) is 0. The van der Waals surface area contributed by atoms with Gasteiger partial charge in [-0.2, -0.15) is 0 Å². The van der Waals surface area contributed by atoms with Crippen molar-refractivity contribution >= 4 is 21.7 Å². The third-order valence-electron chi connectivity index (χ3n) is 3.39. The number of nitrogens with one attached hydrogen (secondary N) is 2. The van der Waals surface area contributed by atoms with Gasteiger partial charge in [0.15, 0.2) is 23.5 Å². The maximum atomic E-state index is 13.5. The van der Waals surface area contributed by atoms with Crippen LogP contribution in [0.25, 0.3) is 0 Å². The number of sulfonamides is 1. The van der Waals surface area contributed by atoms with Crippen LogP contribution in [0.15, 0.2) is 53.4 Å². The Labute approximate surface area is 150 Å². The molecule has 2 rings (SSSR count). The van der Waals surface area contributed by atoms with Crippen LogP contribution in [-0.2, 0) is 14.8 Å². The lowest BCUT2D eigenvalue weighted by atomic mass is 10.2. The van der Waals surface area contributed by atoms with E-state index in [0.717, 1.165) is 0 Å². The van der Waals surface area contributed by atoms with E-state index in [-0.39, 0.29) is 16.4 Å². The molecule has 2 N–H and O–H groups in total. The molecule has 2 aromatic rings. The van der Waals surface area contributed by atoms with Gasteiger partial charge in [-0.05, 0) is 38.1 Å². The van der Waals surface area contributed by atoms with E-state index in [1.807, 2.05) is 10.3 Å². The highest BCUT2D eigenvalue weighted by atomic mass is 32.2. The Hall–Kier alpha value is -2.78. The van der Waals surface area contributed by atoms with E-state index in [1.54, 1.807) is 0 Å². The minimum Gasteiger partial charge on any atom is -0.478 e. The van der Waals surface area contributed by atoms with Crippen LogP contribution in [0.5, 0.6) is 5.75 Å². The van der Waals surface area contributed by atoms with E-state index in [0.29, 0.717) is 5.56 Å². The lowest BCUT2D eigenvalue weighted by Crippen LogP contribution is -2.47. The summed E-state index contributed by atoms with van der Waals surface area (Å²) in [4.78, 5) is 24.9. The van der Waals surface area contributed by atoms with Crippen molar-refractivity contribution in [1.82, 2.24) is 10.3 Å². The van der Waals surface area contributed by atoms with Crippen molar-refractivity contribution in [2.45, 2.75) is 24.8 Å². The Bertz CT molecular complexity index is 913. The lowest BCUT2D eigenvalue weighted by molar-refractivity contribution is -0.127. The number of ether oxygens (including phenoxy) is 1. The van der Waals surface area contributed by atoms with Crippen LogP contribution >= 0.6 is 0 Å². The molecule has 0 unspecified atom stereocenters. The molecule has 1 amide bonds. The van der Waals surface area contributed by atoms with Gasteiger partial charge < -0.3 is 4.74 Å². The molecule has 0 aliphatic rings. The molecule has 0 spiro atoms. The first-order chi connectivity index (χ1) is 12.2. The first kappa shape index (κ1) is 19.5. The minimum atomic E-state index is -4.04. The smallest absolute Gasteiger partial charge is 0.275 e. The molecule has 0 saturated heterocycles. The zero-order chi connectivity index (χ0) is 19.3. The standard InChI is InChI=1S/C17H17FN2O5S/c1-11(21)13-7-9-14(10-8-13)26(23,24)20-19-17(22)12(2)25-16-6-4-3-5-15(16)18/h3-10,12,20H,1-2H3,(H,19,22)/t12-/m0/s1. The number of amides is 1. The number of carbonyl (C=O) groups excluding carboxylic acids is 2. The third kappa shape index (κ3) is 4.87. The van der Waals surface area contributed by atoms with Crippen molar-refractivity contribution in [3.63, 3.8) is 0 Å². The molecule has 0 fully saturated rings. The maximum absolute atomic E-state index is 13.5. The van der Waals surface area contributed by atoms with Crippen LogP contribution in [0.3, 0.4) is 0 Å². The highest BCUT2D eigenvalue weighted by Gasteiger charge is 2.20. The number of Topliss-reactive ketones (excluding diaryl/α,β-unsaturated/α-hetero) is 1. The zero-order valence-electron chi connectivity index (χ0n) is 14.0. The predicted octanol–water partition coefficient (Wildman–Crippen LogP) is 1.81. The average molecular weight is 380 g/mol. The molecule has 0 aromatic heterocycles. The van der Waals surface area contributed by atoms with Crippen molar-refractivity contribution in [3.8, 4) is 5.75 Å². The number of para-hydroxylation sites is 1. The van der Waals surface area contributed by atoms with Gasteiger partial charge in [0, 0.05) is 5.56 Å². The number of hydrazine groups is 1. The van der Waals surface area contributed by atoms with Crippen molar-refractivity contribution in [3.05, 3.63) is 59.9 Å². The summed E-state index contributed by atoms with van der Waals surface area (Å²) in [6, 6.07) is 10.7. The van der Waals surface area contributed by atoms with Crippen LogP contribution in [-0.4, -0.2) is 26.2 Å². The number of hydrogen-bond acceptors (Lipinski definition) is 5. The van der Waals surface area contributed by atoms with Crippen LogP contribution in [0, 0.1) is 5.82 Å². The number of rotatable bonds is 7. The quantitative estimate of drug-likeness (QED) is 0.563. The highest BCUT2D eigenvalue weighted by Crippen LogP contribution is 2.17. The average Bonchev–Trinajstić information content (AvgIpc) is 2.61. The molecule has 0 bridgehead atoms. The van der Waals surface area contributed by atoms with Gasteiger partial charge >= 0.3 is 0 Å². The fourth-order valence-corrected chi connectivity index (χ4v) is 2.78. The summed E-state index contributed by atoms with van der Waals surface area (Å²) in [6.07, 6.45) is -1.14. The van der Waals surface area contributed by atoms with E-state index >= 15 is 0 Å². The van der Waals surface area contributed by atoms with Crippen LogP contribution in [0.1, 0.15) is 24.2 Å². The molecule has 9 heteroatoms. The van der Waals surface area contributed by atoms with Gasteiger partial charge in [-0.15, -0.1) is 4.83 Å². The summed E-state index contributed by atoms with van der Waals surface area (Å²) in [5.41, 5.74) is 2.37. The number of ketones is 1. The zero-order valence-corrected chi connectivity index (χ0v) is 14.8. The van der Waals surface area contributed by atoms with Gasteiger partial charge in [-0.1, -0.05) is 24.3 Å². The van der Waals surface area contributed by atoms with Crippen molar-refractivity contribution in [1.29, 1.82) is 0 Å². The van der Waals surface area contributed by atoms with Crippen molar-refractivity contribution < 1.29 is 27.1 Å². The normalized spacial score (nSPS) is 12.3. The molecule has 0 heterocycles. The number of carbonyl (C=O) groups is 2. The lowest BCUT2D eigenvalue weighted by Gasteiger charge is -2.15. The van der Waals surface area contributed by atoms with Crippen LogP contribution < -0.4 is 15.0 Å². The van der Waals surface area contributed by atoms with Crippen LogP contribution in [0.4, 0.5) is 4.39 Å². The first-order valence-electron chi connectivity index (χ1n) is 7.54. The summed E-state index contributed by atoms with van der Waals surface area (Å²) < 4.78 is 43.0. The molecule has 0 radical (unpaired) electrons.